The molecule has 1 fully saturated rings. The highest BCUT2D eigenvalue weighted by atomic mass is 35.5. The number of nitrogens with zero attached hydrogens (tertiary/aromatic N) is 2. The number of hydrogen-bond acceptors (Lipinski definition) is 4. The number of carbonyl (C=O) groups excluding carboxylic acids is 2. The SMILES string of the molecule is CC1(C(=O)N(CCC(=O)O)Cc2cccc(Cl)c2)CCN1C(=O)c1csc2ccccc12. The molecule has 166 valence electrons. The number of thiophene rings is 1. The third-order valence-corrected chi connectivity index (χ3v) is 7.18. The Hall–Kier alpha value is -2.90. The third kappa shape index (κ3) is 4.23. The number of carboxylic acids is 1. The molecule has 0 saturated carbocycles. The van der Waals surface area contributed by atoms with E-state index in [1.165, 1.54) is 16.2 Å². The van der Waals surface area contributed by atoms with E-state index < -0.39 is 11.5 Å². The summed E-state index contributed by atoms with van der Waals surface area (Å²) in [6, 6.07) is 14.8. The summed E-state index contributed by atoms with van der Waals surface area (Å²) in [4.78, 5) is 41.3. The van der Waals surface area contributed by atoms with E-state index in [-0.39, 0.29) is 31.3 Å². The van der Waals surface area contributed by atoms with Crippen molar-refractivity contribution in [1.82, 2.24) is 9.80 Å². The van der Waals surface area contributed by atoms with Gasteiger partial charge < -0.3 is 14.9 Å². The van der Waals surface area contributed by atoms with Gasteiger partial charge in [-0.2, -0.15) is 0 Å². The molecule has 2 amide bonds. The Morgan fingerprint density at radius 3 is 2.66 bits per heavy atom. The van der Waals surface area contributed by atoms with Gasteiger partial charge in [0, 0.05) is 40.1 Å². The molecule has 2 aromatic carbocycles. The van der Waals surface area contributed by atoms with E-state index in [1.54, 1.807) is 30.0 Å². The molecule has 8 heteroatoms. The lowest BCUT2D eigenvalue weighted by atomic mass is 9.84. The van der Waals surface area contributed by atoms with Gasteiger partial charge in [0.2, 0.25) is 5.91 Å². The van der Waals surface area contributed by atoms with Gasteiger partial charge in [0.05, 0.1) is 12.0 Å². The van der Waals surface area contributed by atoms with Crippen LogP contribution in [-0.2, 0) is 16.1 Å². The Balaban J connectivity index is 1.59. The highest BCUT2D eigenvalue weighted by Crippen LogP contribution is 2.36. The van der Waals surface area contributed by atoms with Crippen LogP contribution in [-0.4, -0.2) is 51.3 Å². The summed E-state index contributed by atoms with van der Waals surface area (Å²) in [5.74, 6) is -1.41. The van der Waals surface area contributed by atoms with Crippen molar-refractivity contribution in [3.05, 3.63) is 70.1 Å². The molecule has 32 heavy (non-hydrogen) atoms. The number of fused-ring (bicyclic) bond motifs is 1. The van der Waals surface area contributed by atoms with Crippen molar-refractivity contribution in [2.75, 3.05) is 13.1 Å². The van der Waals surface area contributed by atoms with Gasteiger partial charge in [0.1, 0.15) is 5.54 Å². The zero-order chi connectivity index (χ0) is 22.9. The summed E-state index contributed by atoms with van der Waals surface area (Å²) in [6.07, 6.45) is 0.351. The molecule has 1 unspecified atom stereocenters. The first-order chi connectivity index (χ1) is 15.3. The molecule has 0 radical (unpaired) electrons. The highest BCUT2D eigenvalue weighted by molar-refractivity contribution is 7.17. The number of carboxylic acid groups (broad SMARTS) is 1. The van der Waals surface area contributed by atoms with Crippen LogP contribution in [0, 0.1) is 0 Å². The van der Waals surface area contributed by atoms with E-state index in [1.807, 2.05) is 35.7 Å². The maximum Gasteiger partial charge on any atom is 0.305 e. The van der Waals surface area contributed by atoms with E-state index in [4.69, 9.17) is 11.6 Å². The summed E-state index contributed by atoms with van der Waals surface area (Å²) < 4.78 is 1.02. The average Bonchev–Trinajstić information content (AvgIpc) is 3.19. The van der Waals surface area contributed by atoms with Crippen LogP contribution in [0.3, 0.4) is 0 Å². The summed E-state index contributed by atoms with van der Waals surface area (Å²) in [6.45, 7) is 2.53. The number of amides is 2. The second-order valence-corrected chi connectivity index (χ2v) is 9.47. The van der Waals surface area contributed by atoms with Crippen molar-refractivity contribution in [3.63, 3.8) is 0 Å². The molecule has 0 bridgehead atoms. The van der Waals surface area contributed by atoms with Gasteiger partial charge in [-0.25, -0.2) is 0 Å². The van der Waals surface area contributed by atoms with E-state index in [0.29, 0.717) is 23.6 Å². The molecule has 0 spiro atoms. The minimum atomic E-state index is -1.02. The second-order valence-electron chi connectivity index (χ2n) is 8.13. The topological polar surface area (TPSA) is 77.9 Å². The minimum absolute atomic E-state index is 0.0552. The van der Waals surface area contributed by atoms with Crippen LogP contribution in [0.4, 0.5) is 0 Å². The summed E-state index contributed by atoms with van der Waals surface area (Å²) in [5.41, 5.74) is 0.383. The fourth-order valence-corrected chi connectivity index (χ4v) is 5.22. The Bertz CT molecular complexity index is 1190. The summed E-state index contributed by atoms with van der Waals surface area (Å²) in [5, 5.41) is 12.4. The summed E-state index contributed by atoms with van der Waals surface area (Å²) >= 11 is 7.59. The van der Waals surface area contributed by atoms with Gasteiger partial charge in [-0.05, 0) is 37.1 Å². The third-order valence-electron chi connectivity index (χ3n) is 5.98. The zero-order valence-corrected chi connectivity index (χ0v) is 19.2. The molecular formula is C24H23ClN2O4S. The first kappa shape index (κ1) is 22.3. The number of aliphatic carboxylic acids is 1. The van der Waals surface area contributed by atoms with Crippen molar-refractivity contribution >= 4 is 50.8 Å². The fraction of sp³-hybridized carbons (Fsp3) is 0.292. The molecule has 1 aliphatic rings. The lowest BCUT2D eigenvalue weighted by Gasteiger charge is -2.50. The van der Waals surface area contributed by atoms with Crippen LogP contribution in [0.1, 0.15) is 35.7 Å². The molecule has 6 nitrogen and oxygen atoms in total. The average molecular weight is 471 g/mol. The van der Waals surface area contributed by atoms with E-state index in [2.05, 4.69) is 0 Å². The summed E-state index contributed by atoms with van der Waals surface area (Å²) in [7, 11) is 0. The van der Waals surface area contributed by atoms with Crippen molar-refractivity contribution in [1.29, 1.82) is 0 Å². The number of benzene rings is 2. The lowest BCUT2D eigenvalue weighted by Crippen LogP contribution is -2.67. The van der Waals surface area contributed by atoms with Crippen molar-refractivity contribution in [3.8, 4) is 0 Å². The van der Waals surface area contributed by atoms with Crippen LogP contribution in [0.15, 0.2) is 53.9 Å². The fourth-order valence-electron chi connectivity index (χ4n) is 4.08. The van der Waals surface area contributed by atoms with Gasteiger partial charge in [-0.1, -0.05) is 41.9 Å². The number of halogens is 1. The van der Waals surface area contributed by atoms with Gasteiger partial charge in [-0.15, -0.1) is 11.3 Å². The van der Waals surface area contributed by atoms with Crippen molar-refractivity contribution < 1.29 is 19.5 Å². The van der Waals surface area contributed by atoms with Crippen molar-refractivity contribution in [2.24, 2.45) is 0 Å². The first-order valence-corrected chi connectivity index (χ1v) is 11.6. The molecule has 1 atom stereocenters. The molecule has 1 aromatic heterocycles. The Kier molecular flexibility index (Phi) is 6.22. The van der Waals surface area contributed by atoms with Crippen LogP contribution in [0.2, 0.25) is 5.02 Å². The van der Waals surface area contributed by atoms with E-state index in [9.17, 15) is 19.5 Å². The van der Waals surface area contributed by atoms with Gasteiger partial charge in [0.25, 0.3) is 5.91 Å². The Morgan fingerprint density at radius 2 is 1.97 bits per heavy atom. The number of likely N-dealkylation sites (tertiary alicyclic amines) is 1. The van der Waals surface area contributed by atoms with Crippen molar-refractivity contribution in [2.45, 2.75) is 31.8 Å². The molecule has 2 heterocycles. The van der Waals surface area contributed by atoms with Gasteiger partial charge in [-0.3, -0.25) is 14.4 Å². The number of hydrogen-bond donors (Lipinski definition) is 1. The van der Waals surface area contributed by atoms with E-state index in [0.717, 1.165) is 15.6 Å². The monoisotopic (exact) mass is 470 g/mol. The minimum Gasteiger partial charge on any atom is -0.481 e. The quantitative estimate of drug-likeness (QED) is 0.544. The molecule has 4 rings (SSSR count). The zero-order valence-electron chi connectivity index (χ0n) is 17.6. The van der Waals surface area contributed by atoms with Crippen LogP contribution in [0.25, 0.3) is 10.1 Å². The Morgan fingerprint density at radius 1 is 1.19 bits per heavy atom. The van der Waals surface area contributed by atoms with Crippen LogP contribution >= 0.6 is 22.9 Å². The van der Waals surface area contributed by atoms with Gasteiger partial charge >= 0.3 is 5.97 Å². The Labute approximate surface area is 195 Å². The molecule has 0 aliphatic carbocycles. The lowest BCUT2D eigenvalue weighted by molar-refractivity contribution is -0.150. The molecule has 1 saturated heterocycles. The predicted octanol–water partition coefficient (Wildman–Crippen LogP) is 4.66. The first-order valence-electron chi connectivity index (χ1n) is 10.3. The van der Waals surface area contributed by atoms with Crippen LogP contribution in [0.5, 0.6) is 0 Å². The molecule has 3 aromatic rings. The normalized spacial score (nSPS) is 17.8. The second kappa shape index (κ2) is 8.92. The number of rotatable bonds is 7. The molecule has 1 aliphatic heterocycles. The standard InChI is InChI=1S/C24H23ClN2O4S/c1-24(10-12-27(24)22(30)19-15-32-20-8-3-2-7-18(19)20)23(31)26(11-9-21(28)29)14-16-5-4-6-17(25)13-16/h2-8,13,15H,9-12,14H2,1H3,(H,28,29). The number of carbonyl (C=O) groups is 3. The molecule has 1 N–H and O–H groups in total. The smallest absolute Gasteiger partial charge is 0.305 e. The maximum absolute atomic E-state index is 13.6. The largest absolute Gasteiger partial charge is 0.481 e. The van der Waals surface area contributed by atoms with Gasteiger partial charge in [0.15, 0.2) is 0 Å². The predicted molar refractivity (Wildman–Crippen MR) is 125 cm³/mol. The van der Waals surface area contributed by atoms with Crippen LogP contribution < -0.4 is 0 Å². The highest BCUT2D eigenvalue weighted by Gasteiger charge is 2.51. The molecular weight excluding hydrogens is 448 g/mol. The maximum atomic E-state index is 13.6. The van der Waals surface area contributed by atoms with E-state index >= 15 is 0 Å².